The minimum absolute atomic E-state index is 0.0881. The van der Waals surface area contributed by atoms with Crippen molar-refractivity contribution in [2.75, 3.05) is 5.32 Å². The lowest BCUT2D eigenvalue weighted by Crippen LogP contribution is -2.18. The maximum Gasteiger partial charge on any atom is 0.277 e. The van der Waals surface area contributed by atoms with Crippen molar-refractivity contribution in [1.82, 2.24) is 20.2 Å². The van der Waals surface area contributed by atoms with Gasteiger partial charge in [-0.25, -0.2) is 18.4 Å². The molecule has 2 aromatic heterocycles. The molecule has 4 aromatic rings. The minimum Gasteiger partial charge on any atom is -0.295 e. The van der Waals surface area contributed by atoms with Crippen molar-refractivity contribution in [3.8, 4) is 0 Å². The highest BCUT2D eigenvalue weighted by atomic mass is 35.5. The number of sulfone groups is 1. The van der Waals surface area contributed by atoms with Crippen molar-refractivity contribution >= 4 is 67.2 Å². The standard InChI is InChI=1S/C22H17Cl2N5O3S3/c1-13-5-4-6-14(9-13)12-35(31,32)21-25-10-17(24)18(26-21)19(30)27-20-28-29-22(34-20)33-11-15-7-2-3-8-16(15)23/h2-10H,11-12H2,1H3,(H,27,28,30). The monoisotopic (exact) mass is 565 g/mol. The Balaban J connectivity index is 1.46. The number of hydrogen-bond donors (Lipinski definition) is 1. The van der Waals surface area contributed by atoms with Crippen LogP contribution in [0.1, 0.15) is 27.2 Å². The van der Waals surface area contributed by atoms with E-state index in [1.165, 1.54) is 11.8 Å². The first-order valence-corrected chi connectivity index (χ1v) is 14.2. The van der Waals surface area contributed by atoms with Gasteiger partial charge in [0.05, 0.1) is 17.0 Å². The van der Waals surface area contributed by atoms with E-state index in [4.69, 9.17) is 23.2 Å². The summed E-state index contributed by atoms with van der Waals surface area (Å²) in [5.74, 6) is -0.440. The quantitative estimate of drug-likeness (QED) is 0.170. The topological polar surface area (TPSA) is 115 Å². The Hall–Kier alpha value is -2.57. The van der Waals surface area contributed by atoms with Gasteiger partial charge in [-0.1, -0.05) is 94.3 Å². The fraction of sp³-hybridized carbons (Fsp3) is 0.136. The molecule has 180 valence electrons. The Morgan fingerprint density at radius 2 is 1.89 bits per heavy atom. The molecule has 0 bridgehead atoms. The molecule has 2 heterocycles. The Bertz CT molecular complexity index is 1500. The molecule has 0 atom stereocenters. The second kappa shape index (κ2) is 11.0. The van der Waals surface area contributed by atoms with Crippen LogP contribution >= 0.6 is 46.3 Å². The molecule has 4 rings (SSSR count). The zero-order valence-electron chi connectivity index (χ0n) is 18.1. The van der Waals surface area contributed by atoms with E-state index in [0.29, 0.717) is 20.7 Å². The van der Waals surface area contributed by atoms with Gasteiger partial charge in [0.2, 0.25) is 20.1 Å². The SMILES string of the molecule is Cc1cccc(CS(=O)(=O)c2ncc(Cl)c(C(=O)Nc3nnc(SCc4ccccc4Cl)s3)n2)c1. The smallest absolute Gasteiger partial charge is 0.277 e. The van der Waals surface area contributed by atoms with Gasteiger partial charge in [-0.2, -0.15) is 0 Å². The summed E-state index contributed by atoms with van der Waals surface area (Å²) in [7, 11) is -3.91. The minimum atomic E-state index is -3.91. The third-order valence-corrected chi connectivity index (χ3v) is 8.72. The summed E-state index contributed by atoms with van der Waals surface area (Å²) in [5.41, 5.74) is 2.19. The van der Waals surface area contributed by atoms with Crippen LogP contribution in [0, 0.1) is 6.92 Å². The summed E-state index contributed by atoms with van der Waals surface area (Å²) in [6.45, 7) is 1.87. The third-order valence-electron chi connectivity index (χ3n) is 4.59. The predicted octanol–water partition coefficient (Wildman–Crippen LogP) is 5.46. The molecule has 35 heavy (non-hydrogen) atoms. The van der Waals surface area contributed by atoms with E-state index < -0.39 is 20.9 Å². The van der Waals surface area contributed by atoms with Gasteiger partial charge in [0.25, 0.3) is 5.91 Å². The van der Waals surface area contributed by atoms with Gasteiger partial charge in [-0.15, -0.1) is 10.2 Å². The zero-order chi connectivity index (χ0) is 25.0. The number of nitrogens with one attached hydrogen (secondary N) is 1. The number of aromatic nitrogens is 4. The summed E-state index contributed by atoms with van der Waals surface area (Å²) in [6, 6.07) is 14.6. The lowest BCUT2D eigenvalue weighted by atomic mass is 10.2. The average Bonchev–Trinajstić information content (AvgIpc) is 3.25. The molecule has 0 aliphatic heterocycles. The van der Waals surface area contributed by atoms with Gasteiger partial charge >= 0.3 is 0 Å². The normalized spacial score (nSPS) is 11.4. The Kier molecular flexibility index (Phi) is 8.02. The average molecular weight is 567 g/mol. The van der Waals surface area contributed by atoms with Crippen LogP contribution in [0.15, 0.2) is 64.2 Å². The van der Waals surface area contributed by atoms with Crippen molar-refractivity contribution < 1.29 is 13.2 Å². The van der Waals surface area contributed by atoms with Crippen molar-refractivity contribution in [2.45, 2.75) is 27.9 Å². The second-order valence-corrected chi connectivity index (χ2v) is 12.2. The first-order chi connectivity index (χ1) is 16.7. The van der Waals surface area contributed by atoms with Crippen LogP contribution in [0.5, 0.6) is 0 Å². The number of thioether (sulfide) groups is 1. The maximum absolute atomic E-state index is 12.8. The van der Waals surface area contributed by atoms with Crippen molar-refractivity contribution in [2.24, 2.45) is 0 Å². The number of aryl methyl sites for hydroxylation is 1. The molecule has 0 unspecified atom stereocenters. The zero-order valence-corrected chi connectivity index (χ0v) is 22.1. The van der Waals surface area contributed by atoms with Crippen LogP contribution in [0.4, 0.5) is 5.13 Å². The molecule has 0 saturated carbocycles. The number of nitrogens with zero attached hydrogens (tertiary/aromatic N) is 4. The lowest BCUT2D eigenvalue weighted by molar-refractivity contribution is 0.102. The van der Waals surface area contributed by atoms with Crippen LogP contribution in [0.25, 0.3) is 0 Å². The molecule has 0 fully saturated rings. The molecular weight excluding hydrogens is 549 g/mol. The fourth-order valence-corrected chi connectivity index (χ4v) is 6.38. The molecule has 0 aliphatic carbocycles. The van der Waals surface area contributed by atoms with Gasteiger partial charge in [0, 0.05) is 10.8 Å². The number of amides is 1. The van der Waals surface area contributed by atoms with Gasteiger partial charge < -0.3 is 0 Å². The van der Waals surface area contributed by atoms with Gasteiger partial charge in [0.15, 0.2) is 10.0 Å². The molecule has 2 aromatic carbocycles. The number of rotatable bonds is 8. The number of carbonyl (C=O) groups is 1. The Morgan fingerprint density at radius 3 is 2.66 bits per heavy atom. The summed E-state index contributed by atoms with van der Waals surface area (Å²) >= 11 is 14.9. The lowest BCUT2D eigenvalue weighted by Gasteiger charge is -2.07. The maximum atomic E-state index is 12.8. The largest absolute Gasteiger partial charge is 0.295 e. The van der Waals surface area contributed by atoms with Crippen LogP contribution in [-0.2, 0) is 21.3 Å². The van der Waals surface area contributed by atoms with E-state index in [-0.39, 0.29) is 21.6 Å². The highest BCUT2D eigenvalue weighted by Crippen LogP contribution is 2.30. The number of benzene rings is 2. The molecule has 1 amide bonds. The van der Waals surface area contributed by atoms with E-state index in [0.717, 1.165) is 28.7 Å². The molecule has 13 heteroatoms. The Labute approximate surface area is 220 Å². The molecule has 0 aliphatic rings. The molecule has 0 spiro atoms. The summed E-state index contributed by atoms with van der Waals surface area (Å²) in [6.07, 6.45) is 1.09. The van der Waals surface area contributed by atoms with Gasteiger partial charge in [-0.3, -0.25) is 10.1 Å². The first-order valence-electron chi connectivity index (χ1n) is 10.0. The fourth-order valence-electron chi connectivity index (χ4n) is 2.98. The van der Waals surface area contributed by atoms with Crippen molar-refractivity contribution in [1.29, 1.82) is 0 Å². The van der Waals surface area contributed by atoms with E-state index in [9.17, 15) is 13.2 Å². The molecule has 0 saturated heterocycles. The number of halogens is 2. The predicted molar refractivity (Wildman–Crippen MR) is 138 cm³/mol. The van der Waals surface area contributed by atoms with E-state index in [2.05, 4.69) is 25.5 Å². The summed E-state index contributed by atoms with van der Waals surface area (Å²) in [5, 5.41) is 10.9. The second-order valence-electron chi connectivity index (χ2n) is 7.30. The molecular formula is C22H17Cl2N5O3S3. The van der Waals surface area contributed by atoms with Gasteiger partial charge in [0.1, 0.15) is 0 Å². The summed E-state index contributed by atoms with van der Waals surface area (Å²) < 4.78 is 26.3. The highest BCUT2D eigenvalue weighted by Gasteiger charge is 2.24. The first kappa shape index (κ1) is 25.5. The van der Waals surface area contributed by atoms with E-state index in [1.54, 1.807) is 18.2 Å². The Morgan fingerprint density at radius 1 is 1.09 bits per heavy atom. The molecule has 0 radical (unpaired) electrons. The van der Waals surface area contributed by atoms with Crippen molar-refractivity contribution in [3.63, 3.8) is 0 Å². The number of carbonyl (C=O) groups excluding carboxylic acids is 1. The van der Waals surface area contributed by atoms with Crippen LogP contribution < -0.4 is 5.32 Å². The van der Waals surface area contributed by atoms with Crippen LogP contribution in [-0.4, -0.2) is 34.5 Å². The third kappa shape index (κ3) is 6.56. The number of anilines is 1. The number of hydrogen-bond acceptors (Lipinski definition) is 9. The van der Waals surface area contributed by atoms with Crippen LogP contribution in [0.3, 0.4) is 0 Å². The highest BCUT2D eigenvalue weighted by molar-refractivity contribution is 8.00. The molecule has 8 nitrogen and oxygen atoms in total. The van der Waals surface area contributed by atoms with Crippen LogP contribution in [0.2, 0.25) is 10.0 Å². The van der Waals surface area contributed by atoms with E-state index >= 15 is 0 Å². The molecule has 1 N–H and O–H groups in total. The summed E-state index contributed by atoms with van der Waals surface area (Å²) in [4.78, 5) is 20.6. The van der Waals surface area contributed by atoms with Crippen molar-refractivity contribution in [3.05, 3.63) is 87.2 Å². The van der Waals surface area contributed by atoms with Gasteiger partial charge in [-0.05, 0) is 24.1 Å². The van der Waals surface area contributed by atoms with E-state index in [1.807, 2.05) is 37.3 Å².